The molecule has 0 spiro atoms. The van der Waals surface area contributed by atoms with Crippen LogP contribution >= 0.6 is 0 Å². The van der Waals surface area contributed by atoms with Crippen molar-refractivity contribution in [2.45, 2.75) is 11.7 Å². The molecule has 0 radical (unpaired) electrons. The fraction of sp³-hybridized carbons (Fsp3) is 0.125. The smallest absolute Gasteiger partial charge is 0.420 e. The minimum absolute atomic E-state index is 0.599. The van der Waals surface area contributed by atoms with E-state index in [1.165, 1.54) is 0 Å². The summed E-state index contributed by atoms with van der Waals surface area (Å²) in [5.74, 6) is 0. The third-order valence-corrected chi connectivity index (χ3v) is 3.30. The van der Waals surface area contributed by atoms with Gasteiger partial charge in [0, 0.05) is 5.56 Å². The molecule has 0 bridgehead atoms. The number of hydrogen-bond acceptors (Lipinski definition) is 4. The van der Waals surface area contributed by atoms with E-state index in [9.17, 15) is 10.1 Å². The largest absolute Gasteiger partial charge is 0.511 e. The summed E-state index contributed by atoms with van der Waals surface area (Å²) >= 11 is 0. The average Bonchev–Trinajstić information content (AvgIpc) is 2.87. The van der Waals surface area contributed by atoms with Gasteiger partial charge in [-0.2, -0.15) is 5.26 Å². The predicted octanol–water partition coefficient (Wildman–Crippen LogP) is 3.31. The van der Waals surface area contributed by atoms with E-state index in [1.54, 1.807) is 24.3 Å². The second-order valence-electron chi connectivity index (χ2n) is 4.47. The first-order valence-corrected chi connectivity index (χ1v) is 6.17. The van der Waals surface area contributed by atoms with Crippen molar-refractivity contribution in [1.82, 2.24) is 0 Å². The summed E-state index contributed by atoms with van der Waals surface area (Å²) in [6.07, 6.45) is -1.60. The first-order chi connectivity index (χ1) is 9.76. The highest BCUT2D eigenvalue weighted by molar-refractivity contribution is 5.66. The normalized spacial score (nSPS) is 24.6. The number of benzene rings is 2. The van der Waals surface area contributed by atoms with Crippen molar-refractivity contribution in [3.8, 4) is 6.07 Å². The van der Waals surface area contributed by atoms with Crippen LogP contribution in [-0.4, -0.2) is 6.16 Å². The Morgan fingerprint density at radius 3 is 2.20 bits per heavy atom. The van der Waals surface area contributed by atoms with E-state index in [0.29, 0.717) is 5.56 Å². The van der Waals surface area contributed by atoms with Crippen LogP contribution in [0.5, 0.6) is 0 Å². The van der Waals surface area contributed by atoms with Gasteiger partial charge in [0.15, 0.2) is 6.10 Å². The Morgan fingerprint density at radius 1 is 1.00 bits per heavy atom. The lowest BCUT2D eigenvalue weighted by Crippen LogP contribution is -2.29. The Kier molecular flexibility index (Phi) is 2.88. The monoisotopic (exact) mass is 265 g/mol. The molecule has 2 unspecified atom stereocenters. The summed E-state index contributed by atoms with van der Waals surface area (Å²) in [5.41, 5.74) is -0.120. The molecule has 1 aliphatic rings. The molecule has 0 aliphatic carbocycles. The highest BCUT2D eigenvalue weighted by Crippen LogP contribution is 2.45. The van der Waals surface area contributed by atoms with Crippen molar-refractivity contribution in [1.29, 1.82) is 5.26 Å². The van der Waals surface area contributed by atoms with E-state index in [4.69, 9.17) is 9.47 Å². The van der Waals surface area contributed by atoms with E-state index in [0.717, 1.165) is 5.56 Å². The Hall–Kier alpha value is -2.80. The van der Waals surface area contributed by atoms with Gasteiger partial charge in [0.2, 0.25) is 0 Å². The van der Waals surface area contributed by atoms with Crippen molar-refractivity contribution in [2.24, 2.45) is 0 Å². The molecule has 2 aromatic carbocycles. The lowest BCUT2D eigenvalue weighted by Gasteiger charge is -2.24. The van der Waals surface area contributed by atoms with Crippen LogP contribution in [0.1, 0.15) is 17.2 Å². The topological polar surface area (TPSA) is 59.3 Å². The predicted molar refractivity (Wildman–Crippen MR) is 70.5 cm³/mol. The van der Waals surface area contributed by atoms with Crippen LogP contribution in [0.25, 0.3) is 0 Å². The highest BCUT2D eigenvalue weighted by Gasteiger charge is 2.54. The zero-order valence-electron chi connectivity index (χ0n) is 10.5. The summed E-state index contributed by atoms with van der Waals surface area (Å²) in [6, 6.07) is 20.2. The fourth-order valence-corrected chi connectivity index (χ4v) is 2.36. The maximum Gasteiger partial charge on any atom is 0.511 e. The van der Waals surface area contributed by atoms with Gasteiger partial charge in [-0.3, -0.25) is 0 Å². The van der Waals surface area contributed by atoms with E-state index < -0.39 is 17.9 Å². The number of nitrogens with zero attached hydrogens (tertiary/aromatic N) is 1. The average molecular weight is 265 g/mol. The van der Waals surface area contributed by atoms with Gasteiger partial charge < -0.3 is 9.47 Å². The van der Waals surface area contributed by atoms with Crippen LogP contribution in [0.2, 0.25) is 0 Å². The summed E-state index contributed by atoms with van der Waals surface area (Å²) < 4.78 is 10.5. The van der Waals surface area contributed by atoms with Gasteiger partial charge in [-0.15, -0.1) is 0 Å². The van der Waals surface area contributed by atoms with Gasteiger partial charge in [0.05, 0.1) is 0 Å². The molecule has 4 heteroatoms. The molecule has 1 fully saturated rings. The molecule has 0 amide bonds. The van der Waals surface area contributed by atoms with Crippen LogP contribution in [0.15, 0.2) is 60.7 Å². The number of nitriles is 1. The Bertz CT molecular complexity index is 663. The molecule has 20 heavy (non-hydrogen) atoms. The van der Waals surface area contributed by atoms with Gasteiger partial charge in [-0.25, -0.2) is 4.79 Å². The summed E-state index contributed by atoms with van der Waals surface area (Å²) in [7, 11) is 0. The van der Waals surface area contributed by atoms with Crippen molar-refractivity contribution >= 4 is 6.16 Å². The van der Waals surface area contributed by atoms with Gasteiger partial charge in [0.25, 0.3) is 5.60 Å². The first kappa shape index (κ1) is 12.2. The van der Waals surface area contributed by atoms with Gasteiger partial charge in [-0.05, 0) is 5.56 Å². The van der Waals surface area contributed by atoms with Gasteiger partial charge in [-0.1, -0.05) is 60.7 Å². The molecular formula is C16H11NO3. The summed E-state index contributed by atoms with van der Waals surface area (Å²) in [5, 5.41) is 9.61. The molecule has 4 nitrogen and oxygen atoms in total. The van der Waals surface area contributed by atoms with Crippen molar-refractivity contribution in [3.05, 3.63) is 71.8 Å². The SMILES string of the molecule is N#CC1(c2ccccc2)OC(=O)OC1c1ccccc1. The Morgan fingerprint density at radius 2 is 1.60 bits per heavy atom. The molecule has 0 N–H and O–H groups in total. The van der Waals surface area contributed by atoms with E-state index in [2.05, 4.69) is 6.07 Å². The quantitative estimate of drug-likeness (QED) is 0.781. The standard InChI is InChI=1S/C16H11NO3/c17-11-16(13-9-5-2-6-10-13)14(19-15(18)20-16)12-7-3-1-4-8-12/h1-10,14H. The maximum absolute atomic E-state index is 11.6. The van der Waals surface area contributed by atoms with Crippen LogP contribution in [0.3, 0.4) is 0 Å². The lowest BCUT2D eigenvalue weighted by molar-refractivity contribution is 0.0789. The number of carbonyl (C=O) groups is 1. The molecule has 1 aliphatic heterocycles. The first-order valence-electron chi connectivity index (χ1n) is 6.17. The minimum Gasteiger partial charge on any atom is -0.420 e. The number of ether oxygens (including phenoxy) is 2. The zero-order chi connectivity index (χ0) is 14.0. The number of rotatable bonds is 2. The molecule has 1 heterocycles. The highest BCUT2D eigenvalue weighted by atomic mass is 16.8. The Balaban J connectivity index is 2.14. The van der Waals surface area contributed by atoms with Crippen LogP contribution in [-0.2, 0) is 15.1 Å². The Labute approximate surface area is 116 Å². The third kappa shape index (κ3) is 1.81. The maximum atomic E-state index is 11.6. The second kappa shape index (κ2) is 4.71. The zero-order valence-corrected chi connectivity index (χ0v) is 10.5. The van der Waals surface area contributed by atoms with Gasteiger partial charge >= 0.3 is 6.16 Å². The number of hydrogen-bond donors (Lipinski definition) is 0. The van der Waals surface area contributed by atoms with E-state index in [-0.39, 0.29) is 0 Å². The van der Waals surface area contributed by atoms with Crippen molar-refractivity contribution in [3.63, 3.8) is 0 Å². The van der Waals surface area contributed by atoms with Crippen LogP contribution in [0, 0.1) is 11.3 Å². The minimum atomic E-state index is -1.44. The van der Waals surface area contributed by atoms with Gasteiger partial charge in [0.1, 0.15) is 6.07 Å². The molecular weight excluding hydrogens is 254 g/mol. The fourth-order valence-electron chi connectivity index (χ4n) is 2.36. The molecule has 2 atom stereocenters. The molecule has 3 rings (SSSR count). The van der Waals surface area contributed by atoms with Crippen LogP contribution < -0.4 is 0 Å². The molecule has 98 valence electrons. The third-order valence-electron chi connectivity index (χ3n) is 3.30. The molecule has 1 saturated heterocycles. The second-order valence-corrected chi connectivity index (χ2v) is 4.47. The van der Waals surface area contributed by atoms with Crippen LogP contribution in [0.4, 0.5) is 4.79 Å². The number of carbonyl (C=O) groups excluding carboxylic acids is 1. The summed E-state index contributed by atoms with van der Waals surface area (Å²) in [6.45, 7) is 0. The van der Waals surface area contributed by atoms with E-state index >= 15 is 0 Å². The number of cyclic esters (lactones) is 2. The van der Waals surface area contributed by atoms with Crippen molar-refractivity contribution in [2.75, 3.05) is 0 Å². The lowest BCUT2D eigenvalue weighted by atomic mass is 9.86. The van der Waals surface area contributed by atoms with E-state index in [1.807, 2.05) is 36.4 Å². The van der Waals surface area contributed by atoms with Crippen molar-refractivity contribution < 1.29 is 14.3 Å². The molecule has 0 aromatic heterocycles. The molecule has 2 aromatic rings. The summed E-state index contributed by atoms with van der Waals surface area (Å²) in [4.78, 5) is 11.6. The molecule has 0 saturated carbocycles.